The van der Waals surface area contributed by atoms with Crippen LogP contribution in [-0.2, 0) is 10.0 Å². The van der Waals surface area contributed by atoms with Gasteiger partial charge in [0.1, 0.15) is 5.75 Å². The zero-order valence-electron chi connectivity index (χ0n) is 11.1. The van der Waals surface area contributed by atoms with Crippen LogP contribution in [0.3, 0.4) is 0 Å². The zero-order valence-corrected chi connectivity index (χ0v) is 11.9. The van der Waals surface area contributed by atoms with E-state index in [4.69, 9.17) is 4.74 Å². The molecule has 5 nitrogen and oxygen atoms in total. The van der Waals surface area contributed by atoms with Crippen molar-refractivity contribution < 1.29 is 13.2 Å². The average molecular weight is 284 g/mol. The van der Waals surface area contributed by atoms with E-state index in [1.807, 2.05) is 0 Å². The number of methoxy groups -OCH3 is 1. The highest BCUT2D eigenvalue weighted by atomic mass is 32.2. The molecule has 1 aromatic rings. The van der Waals surface area contributed by atoms with Gasteiger partial charge in [-0.25, -0.2) is 13.1 Å². The van der Waals surface area contributed by atoms with E-state index < -0.39 is 10.0 Å². The second-order valence-electron chi connectivity index (χ2n) is 4.74. The van der Waals surface area contributed by atoms with Crippen molar-refractivity contribution in [2.45, 2.75) is 17.7 Å². The van der Waals surface area contributed by atoms with Crippen LogP contribution in [0.1, 0.15) is 12.8 Å². The van der Waals surface area contributed by atoms with Gasteiger partial charge in [-0.2, -0.15) is 0 Å². The fourth-order valence-corrected chi connectivity index (χ4v) is 3.33. The van der Waals surface area contributed by atoms with Crippen LogP contribution in [0.2, 0.25) is 0 Å². The number of nitrogens with one attached hydrogen (secondary N) is 2. The maximum Gasteiger partial charge on any atom is 0.240 e. The lowest BCUT2D eigenvalue weighted by atomic mass is 10.0. The summed E-state index contributed by atoms with van der Waals surface area (Å²) in [4.78, 5) is 0.246. The molecule has 1 saturated heterocycles. The quantitative estimate of drug-likeness (QED) is 0.845. The number of hydrogen-bond donors (Lipinski definition) is 2. The monoisotopic (exact) mass is 284 g/mol. The van der Waals surface area contributed by atoms with Gasteiger partial charge >= 0.3 is 0 Å². The third-order valence-corrected chi connectivity index (χ3v) is 4.73. The van der Waals surface area contributed by atoms with E-state index >= 15 is 0 Å². The number of piperidine rings is 1. The molecule has 1 heterocycles. The van der Waals surface area contributed by atoms with Crippen LogP contribution in [0, 0.1) is 5.92 Å². The van der Waals surface area contributed by atoms with E-state index in [0.29, 0.717) is 18.2 Å². The molecule has 0 saturated carbocycles. The first-order valence-electron chi connectivity index (χ1n) is 6.46. The first-order valence-corrected chi connectivity index (χ1v) is 7.94. The highest BCUT2D eigenvalue weighted by molar-refractivity contribution is 7.89. The Morgan fingerprint density at radius 1 is 1.47 bits per heavy atom. The summed E-state index contributed by atoms with van der Waals surface area (Å²) in [7, 11) is -1.93. The molecule has 1 aliphatic rings. The van der Waals surface area contributed by atoms with Crippen molar-refractivity contribution >= 4 is 10.0 Å². The molecule has 1 atom stereocenters. The van der Waals surface area contributed by atoms with E-state index in [0.717, 1.165) is 25.9 Å². The Labute approximate surface area is 114 Å². The van der Waals surface area contributed by atoms with Crippen molar-refractivity contribution in [3.05, 3.63) is 24.3 Å². The molecule has 1 aliphatic heterocycles. The first kappa shape index (κ1) is 14.3. The molecule has 1 fully saturated rings. The standard InChI is InChI=1S/C13H20N2O3S/c1-18-12-5-2-6-13(8-12)19(16,17)15-10-11-4-3-7-14-9-11/h2,5-6,8,11,14-15H,3-4,7,9-10H2,1H3. The predicted octanol–water partition coefficient (Wildman–Crippen LogP) is 0.973. The van der Waals surface area contributed by atoms with Gasteiger partial charge in [0.2, 0.25) is 10.0 Å². The van der Waals surface area contributed by atoms with Gasteiger partial charge in [-0.1, -0.05) is 6.07 Å². The van der Waals surface area contributed by atoms with Crippen molar-refractivity contribution in [3.63, 3.8) is 0 Å². The van der Waals surface area contributed by atoms with E-state index in [-0.39, 0.29) is 4.90 Å². The molecule has 1 unspecified atom stereocenters. The second-order valence-corrected chi connectivity index (χ2v) is 6.51. The van der Waals surface area contributed by atoms with E-state index in [1.165, 1.54) is 13.2 Å². The summed E-state index contributed by atoms with van der Waals surface area (Å²) in [5.41, 5.74) is 0. The van der Waals surface area contributed by atoms with E-state index in [9.17, 15) is 8.42 Å². The van der Waals surface area contributed by atoms with Crippen molar-refractivity contribution in [2.75, 3.05) is 26.7 Å². The molecule has 2 N–H and O–H groups in total. The summed E-state index contributed by atoms with van der Waals surface area (Å²) in [5.74, 6) is 0.913. The lowest BCUT2D eigenvalue weighted by Gasteiger charge is -2.22. The topological polar surface area (TPSA) is 67.4 Å². The van der Waals surface area contributed by atoms with E-state index in [1.54, 1.807) is 18.2 Å². The lowest BCUT2D eigenvalue weighted by molar-refractivity contribution is 0.375. The summed E-state index contributed by atoms with van der Waals surface area (Å²) in [6, 6.07) is 6.51. The Bertz CT molecular complexity index is 510. The molecular formula is C13H20N2O3S. The van der Waals surface area contributed by atoms with Gasteiger partial charge in [0.15, 0.2) is 0 Å². The molecule has 106 valence electrons. The molecule has 0 spiro atoms. The van der Waals surface area contributed by atoms with Gasteiger partial charge in [0, 0.05) is 12.6 Å². The molecule has 1 aromatic carbocycles. The lowest BCUT2D eigenvalue weighted by Crippen LogP contribution is -2.38. The Morgan fingerprint density at radius 2 is 2.32 bits per heavy atom. The van der Waals surface area contributed by atoms with Crippen LogP contribution >= 0.6 is 0 Å². The minimum Gasteiger partial charge on any atom is -0.497 e. The Morgan fingerprint density at radius 3 is 3.00 bits per heavy atom. The summed E-state index contributed by atoms with van der Waals surface area (Å²) in [5, 5.41) is 3.27. The van der Waals surface area contributed by atoms with Gasteiger partial charge in [-0.3, -0.25) is 0 Å². The summed E-state index contributed by atoms with van der Waals surface area (Å²) < 4.78 is 32.0. The van der Waals surface area contributed by atoms with Crippen LogP contribution in [0.25, 0.3) is 0 Å². The zero-order chi connectivity index (χ0) is 13.7. The molecule has 0 amide bonds. The second kappa shape index (κ2) is 6.36. The number of ether oxygens (including phenoxy) is 1. The fourth-order valence-electron chi connectivity index (χ4n) is 2.18. The van der Waals surface area contributed by atoms with Crippen molar-refractivity contribution in [1.82, 2.24) is 10.0 Å². The van der Waals surface area contributed by atoms with Gasteiger partial charge in [-0.15, -0.1) is 0 Å². The van der Waals surface area contributed by atoms with Crippen LogP contribution < -0.4 is 14.8 Å². The largest absolute Gasteiger partial charge is 0.497 e. The molecular weight excluding hydrogens is 264 g/mol. The molecule has 0 bridgehead atoms. The van der Waals surface area contributed by atoms with Crippen molar-refractivity contribution in [3.8, 4) is 5.75 Å². The maximum atomic E-state index is 12.2. The average Bonchev–Trinajstić information content (AvgIpc) is 2.46. The van der Waals surface area contributed by atoms with Crippen molar-refractivity contribution in [2.24, 2.45) is 5.92 Å². The number of benzene rings is 1. The summed E-state index contributed by atoms with van der Waals surface area (Å²) >= 11 is 0. The van der Waals surface area contributed by atoms with Crippen LogP contribution in [-0.4, -0.2) is 35.2 Å². The Balaban J connectivity index is 2.00. The molecule has 0 radical (unpaired) electrons. The number of rotatable bonds is 5. The van der Waals surface area contributed by atoms with Crippen molar-refractivity contribution in [1.29, 1.82) is 0 Å². The van der Waals surface area contributed by atoms with Gasteiger partial charge in [-0.05, 0) is 44.0 Å². The smallest absolute Gasteiger partial charge is 0.240 e. The predicted molar refractivity (Wildman–Crippen MR) is 73.8 cm³/mol. The molecule has 2 rings (SSSR count). The Kier molecular flexibility index (Phi) is 4.79. The minimum absolute atomic E-state index is 0.246. The molecule has 6 heteroatoms. The van der Waals surface area contributed by atoms with Gasteiger partial charge in [0.05, 0.1) is 12.0 Å². The van der Waals surface area contributed by atoms with E-state index in [2.05, 4.69) is 10.0 Å². The number of sulfonamides is 1. The van der Waals surface area contributed by atoms with Gasteiger partial charge < -0.3 is 10.1 Å². The first-order chi connectivity index (χ1) is 9.12. The molecule has 19 heavy (non-hydrogen) atoms. The third-order valence-electron chi connectivity index (χ3n) is 3.31. The Hall–Kier alpha value is -1.11. The van der Waals surface area contributed by atoms with Crippen LogP contribution in [0.15, 0.2) is 29.2 Å². The van der Waals surface area contributed by atoms with Crippen LogP contribution in [0.5, 0.6) is 5.75 Å². The third kappa shape index (κ3) is 3.92. The SMILES string of the molecule is COc1cccc(S(=O)(=O)NCC2CCCNC2)c1. The normalized spacial score (nSPS) is 20.2. The minimum atomic E-state index is -3.45. The highest BCUT2D eigenvalue weighted by Gasteiger charge is 2.18. The van der Waals surface area contributed by atoms with Crippen LogP contribution in [0.4, 0.5) is 0 Å². The highest BCUT2D eigenvalue weighted by Crippen LogP contribution is 2.17. The number of hydrogen-bond acceptors (Lipinski definition) is 4. The summed E-state index contributed by atoms with van der Waals surface area (Å²) in [6.45, 7) is 2.38. The maximum absolute atomic E-state index is 12.2. The summed E-state index contributed by atoms with van der Waals surface area (Å²) in [6.07, 6.45) is 2.17. The fraction of sp³-hybridized carbons (Fsp3) is 0.538. The molecule has 0 aliphatic carbocycles. The van der Waals surface area contributed by atoms with Gasteiger partial charge in [0.25, 0.3) is 0 Å². The molecule has 0 aromatic heterocycles.